The van der Waals surface area contributed by atoms with Crippen molar-refractivity contribution in [3.8, 4) is 6.01 Å². The third kappa shape index (κ3) is 10.0. The van der Waals surface area contributed by atoms with Gasteiger partial charge >= 0.3 is 24.0 Å². The second-order valence-electron chi connectivity index (χ2n) is 12.4. The van der Waals surface area contributed by atoms with E-state index in [0.717, 1.165) is 18.4 Å². The Hall–Kier alpha value is -5.45. The number of aromatic nitrogens is 4. The Morgan fingerprint density at radius 1 is 0.920 bits per heavy atom. The minimum Gasteiger partial charge on any atom is -0.454 e. The molecule has 50 heavy (non-hydrogen) atoms. The number of rotatable bonds is 13. The molecule has 0 radical (unpaired) electrons. The molecule has 18 heteroatoms. The van der Waals surface area contributed by atoms with E-state index in [0.29, 0.717) is 22.0 Å². The van der Waals surface area contributed by atoms with Crippen molar-refractivity contribution < 1.29 is 36.8 Å². The summed E-state index contributed by atoms with van der Waals surface area (Å²) in [7, 11) is 0. The molecule has 0 atom stereocenters. The Kier molecular flexibility index (Phi) is 10.4. The zero-order chi connectivity index (χ0) is 36.1. The molecule has 3 amide bonds. The van der Waals surface area contributed by atoms with E-state index >= 15 is 0 Å². The van der Waals surface area contributed by atoms with E-state index in [9.17, 15) is 27.6 Å². The van der Waals surface area contributed by atoms with E-state index in [1.165, 1.54) is 18.2 Å². The minimum absolute atomic E-state index is 0.00705. The lowest BCUT2D eigenvalue weighted by Crippen LogP contribution is -2.45. The van der Waals surface area contributed by atoms with Gasteiger partial charge in [0.2, 0.25) is 11.9 Å². The number of nitrogens with zero attached hydrogens (tertiary/aromatic N) is 4. The van der Waals surface area contributed by atoms with Crippen molar-refractivity contribution in [2.75, 3.05) is 35.6 Å². The Balaban J connectivity index is 1.18. The van der Waals surface area contributed by atoms with Gasteiger partial charge in [0.1, 0.15) is 5.76 Å². The highest BCUT2D eigenvalue weighted by Gasteiger charge is 2.45. The van der Waals surface area contributed by atoms with Gasteiger partial charge in [-0.05, 0) is 67.1 Å². The van der Waals surface area contributed by atoms with Crippen LogP contribution in [0.25, 0.3) is 0 Å². The number of carbonyl (C=O) groups is 3. The van der Waals surface area contributed by atoms with Gasteiger partial charge in [0, 0.05) is 35.4 Å². The summed E-state index contributed by atoms with van der Waals surface area (Å²) in [6.45, 7) is 3.88. The quantitative estimate of drug-likeness (QED) is 0.116. The first kappa shape index (κ1) is 35.8. The van der Waals surface area contributed by atoms with Crippen molar-refractivity contribution in [2.24, 2.45) is 5.41 Å². The number of aryl methyl sites for hydroxylation is 1. The highest BCUT2D eigenvalue weighted by Crippen LogP contribution is 2.48. The average molecular weight is 716 g/mol. The van der Waals surface area contributed by atoms with Crippen molar-refractivity contribution in [3.05, 3.63) is 76.5 Å². The van der Waals surface area contributed by atoms with Gasteiger partial charge in [0.15, 0.2) is 12.4 Å². The maximum absolute atomic E-state index is 12.9. The molecule has 0 spiro atoms. The predicted octanol–water partition coefficient (Wildman–Crippen LogP) is 5.12. The summed E-state index contributed by atoms with van der Waals surface area (Å²) in [6, 6.07) is 14.3. The number of amides is 3. The van der Waals surface area contributed by atoms with Crippen LogP contribution in [-0.4, -0.2) is 63.7 Å². The number of hydrogen-bond donors (Lipinski definition) is 5. The van der Waals surface area contributed by atoms with Crippen molar-refractivity contribution in [2.45, 2.75) is 45.3 Å². The summed E-state index contributed by atoms with van der Waals surface area (Å²) in [4.78, 5) is 49.6. The molecule has 0 bridgehead atoms. The lowest BCUT2D eigenvalue weighted by Gasteiger charge is -2.25. The van der Waals surface area contributed by atoms with Gasteiger partial charge in [-0.3, -0.25) is 19.7 Å². The van der Waals surface area contributed by atoms with E-state index < -0.39 is 47.5 Å². The van der Waals surface area contributed by atoms with Crippen molar-refractivity contribution in [3.63, 3.8) is 0 Å². The molecule has 0 aliphatic heterocycles. The Bertz CT molecular complexity index is 1850. The molecule has 1 aliphatic rings. The van der Waals surface area contributed by atoms with Crippen LogP contribution in [0.4, 0.5) is 36.6 Å². The van der Waals surface area contributed by atoms with Crippen molar-refractivity contribution in [1.82, 2.24) is 30.7 Å². The topological polar surface area (TPSA) is 185 Å². The molecular weight excluding hydrogens is 683 g/mol. The van der Waals surface area contributed by atoms with Crippen LogP contribution >= 0.6 is 11.6 Å². The predicted molar refractivity (Wildman–Crippen MR) is 176 cm³/mol. The molecule has 1 aliphatic carbocycles. The molecule has 14 nitrogen and oxygen atoms in total. The summed E-state index contributed by atoms with van der Waals surface area (Å²) in [6.07, 6.45) is -3.14. The molecule has 5 N–H and O–H groups in total. The fourth-order valence-corrected chi connectivity index (χ4v) is 4.72. The monoisotopic (exact) mass is 715 g/mol. The molecule has 2 heterocycles. The Morgan fingerprint density at radius 2 is 1.58 bits per heavy atom. The van der Waals surface area contributed by atoms with E-state index in [1.54, 1.807) is 45.0 Å². The van der Waals surface area contributed by atoms with Gasteiger partial charge in [0.05, 0.1) is 5.54 Å². The smallest absolute Gasteiger partial charge is 0.422 e. The maximum atomic E-state index is 12.9. The van der Waals surface area contributed by atoms with E-state index in [4.69, 9.17) is 20.9 Å². The van der Waals surface area contributed by atoms with Crippen LogP contribution in [0.5, 0.6) is 6.01 Å². The maximum Gasteiger partial charge on any atom is 0.422 e. The number of carbonyl (C=O) groups excluding carboxylic acids is 3. The first-order valence-corrected chi connectivity index (χ1v) is 15.6. The zero-order valence-corrected chi connectivity index (χ0v) is 27.8. The van der Waals surface area contributed by atoms with Gasteiger partial charge in [-0.2, -0.15) is 28.1 Å². The van der Waals surface area contributed by atoms with Crippen LogP contribution in [0, 0.1) is 12.3 Å². The summed E-state index contributed by atoms with van der Waals surface area (Å²) in [5.41, 5.74) is 0.509. The van der Waals surface area contributed by atoms with Crippen molar-refractivity contribution >= 4 is 52.7 Å². The molecule has 1 fully saturated rings. The molecule has 5 rings (SSSR count). The van der Waals surface area contributed by atoms with Gasteiger partial charge in [-0.15, -0.1) is 0 Å². The van der Waals surface area contributed by atoms with Crippen molar-refractivity contribution in [1.29, 1.82) is 0 Å². The molecule has 264 valence electrons. The summed E-state index contributed by atoms with van der Waals surface area (Å²) >= 11 is 6.02. The largest absolute Gasteiger partial charge is 0.454 e. The number of ether oxygens (including phenoxy) is 1. The fourth-order valence-electron chi connectivity index (χ4n) is 4.59. The molecular formula is C32H33ClF3N9O5. The third-order valence-electron chi connectivity index (χ3n) is 7.41. The number of hydrogen-bond acceptors (Lipinski definition) is 11. The van der Waals surface area contributed by atoms with Crippen LogP contribution < -0.4 is 31.3 Å². The van der Waals surface area contributed by atoms with Gasteiger partial charge < -0.3 is 30.5 Å². The third-order valence-corrected chi connectivity index (χ3v) is 7.66. The lowest BCUT2D eigenvalue weighted by atomic mass is 9.93. The second-order valence-corrected chi connectivity index (χ2v) is 12.8. The van der Waals surface area contributed by atoms with E-state index in [-0.39, 0.29) is 30.8 Å². The molecule has 0 saturated heterocycles. The van der Waals surface area contributed by atoms with Crippen LogP contribution in [0.3, 0.4) is 0 Å². The number of anilines is 4. The van der Waals surface area contributed by atoms with Crippen LogP contribution in [0.1, 0.15) is 48.4 Å². The molecule has 1 saturated carbocycles. The highest BCUT2D eigenvalue weighted by atomic mass is 35.5. The SMILES string of the molecule is Cc1cc(NC(=O)C(=O)NCC(C)(C)CNC(=O)c2ccc(Nc3nc(NC4(c5ccc(Cl)cc5)CC4)nc(OCC(F)(F)F)n3)cc2)no1. The standard InChI is InChI=1S/C32H33ClF3N9O5/c1-18-14-23(45-50-18)40-26(48)25(47)38-16-30(2,3)15-37-24(46)19-4-10-22(11-5-19)39-27-41-28(43-29(42-27)49-17-32(34,35)36)44-31(12-13-31)20-6-8-21(33)9-7-20/h4-11,14H,12-13,15-17H2,1-3H3,(H,37,46)(H,38,47)(H,40,45,48)(H2,39,41,42,43,44). The lowest BCUT2D eigenvalue weighted by molar-refractivity contribution is -0.154. The second kappa shape index (κ2) is 14.6. The summed E-state index contributed by atoms with van der Waals surface area (Å²) in [5.74, 6) is -1.68. The summed E-state index contributed by atoms with van der Waals surface area (Å²) in [5, 5.41) is 18.0. The number of benzene rings is 2. The normalized spacial score (nSPS) is 13.6. The molecule has 4 aromatic rings. The first-order valence-electron chi connectivity index (χ1n) is 15.3. The molecule has 0 unspecified atom stereocenters. The number of nitrogens with one attached hydrogen (secondary N) is 5. The zero-order valence-electron chi connectivity index (χ0n) is 27.1. The minimum atomic E-state index is -4.61. The van der Waals surface area contributed by atoms with Crippen LogP contribution in [-0.2, 0) is 15.1 Å². The molecule has 2 aromatic heterocycles. The van der Waals surface area contributed by atoms with Gasteiger partial charge in [-0.25, -0.2) is 0 Å². The Morgan fingerprint density at radius 3 is 2.20 bits per heavy atom. The number of halogens is 4. The Labute approximate surface area is 288 Å². The van der Waals surface area contributed by atoms with Gasteiger partial charge in [0.25, 0.3) is 5.91 Å². The summed E-state index contributed by atoms with van der Waals surface area (Å²) < 4.78 is 48.4. The number of alkyl halides is 3. The molecule has 2 aromatic carbocycles. The van der Waals surface area contributed by atoms with Gasteiger partial charge in [-0.1, -0.05) is 42.7 Å². The van der Waals surface area contributed by atoms with E-state index in [2.05, 4.69) is 46.7 Å². The van der Waals surface area contributed by atoms with Crippen LogP contribution in [0.2, 0.25) is 5.02 Å². The van der Waals surface area contributed by atoms with E-state index in [1.807, 2.05) is 12.1 Å². The highest BCUT2D eigenvalue weighted by molar-refractivity contribution is 6.39. The fraction of sp³-hybridized carbons (Fsp3) is 0.344. The van der Waals surface area contributed by atoms with Crippen LogP contribution in [0.15, 0.2) is 59.1 Å². The first-order chi connectivity index (χ1) is 23.6. The average Bonchev–Trinajstić information content (AvgIpc) is 3.73.